The first kappa shape index (κ1) is 19.4. The van der Waals surface area contributed by atoms with Gasteiger partial charge in [0.15, 0.2) is 0 Å². The Morgan fingerprint density at radius 1 is 1.03 bits per heavy atom. The number of aromatic nitrogens is 1. The van der Waals surface area contributed by atoms with E-state index >= 15 is 0 Å². The van der Waals surface area contributed by atoms with Crippen LogP contribution in [0.2, 0.25) is 0 Å². The van der Waals surface area contributed by atoms with Crippen molar-refractivity contribution in [3.63, 3.8) is 0 Å². The van der Waals surface area contributed by atoms with Crippen molar-refractivity contribution in [3.05, 3.63) is 59.7 Å². The van der Waals surface area contributed by atoms with E-state index in [1.54, 1.807) is 14.0 Å². The zero-order valence-electron chi connectivity index (χ0n) is 17.3. The Kier molecular flexibility index (Phi) is 5.49. The van der Waals surface area contributed by atoms with Crippen LogP contribution < -0.4 is 4.74 Å². The van der Waals surface area contributed by atoms with Crippen molar-refractivity contribution >= 4 is 16.8 Å². The Hall–Kier alpha value is -2.92. The van der Waals surface area contributed by atoms with Gasteiger partial charge in [-0.25, -0.2) is 4.98 Å². The number of fused-ring (bicyclic) bond motifs is 1. The van der Waals surface area contributed by atoms with Gasteiger partial charge in [-0.2, -0.15) is 0 Å². The summed E-state index contributed by atoms with van der Waals surface area (Å²) in [5.74, 6) is 0.999. The Morgan fingerprint density at radius 3 is 2.41 bits per heavy atom. The van der Waals surface area contributed by atoms with Crippen LogP contribution in [0, 0.1) is 6.92 Å². The molecule has 0 spiro atoms. The highest BCUT2D eigenvalue weighted by atomic mass is 16.5. The van der Waals surface area contributed by atoms with Crippen LogP contribution in [0.15, 0.2) is 48.5 Å². The number of hydrogen-bond acceptors (Lipinski definition) is 4. The van der Waals surface area contributed by atoms with E-state index in [-0.39, 0.29) is 5.91 Å². The normalized spacial score (nSPS) is 14.9. The second kappa shape index (κ2) is 8.21. The molecular formula is C24H27N3O2. The minimum atomic E-state index is 0.159. The van der Waals surface area contributed by atoms with Gasteiger partial charge < -0.3 is 9.64 Å². The van der Waals surface area contributed by atoms with Gasteiger partial charge in [-0.05, 0) is 54.4 Å². The van der Waals surface area contributed by atoms with E-state index in [1.807, 2.05) is 17.0 Å². The molecule has 1 saturated heterocycles. The first-order valence-corrected chi connectivity index (χ1v) is 10.1. The third-order valence-corrected chi connectivity index (χ3v) is 5.63. The molecule has 29 heavy (non-hydrogen) atoms. The molecule has 1 aromatic heterocycles. The average molecular weight is 389 g/mol. The number of rotatable bonds is 4. The van der Waals surface area contributed by atoms with Gasteiger partial charge in [0.1, 0.15) is 5.75 Å². The van der Waals surface area contributed by atoms with E-state index in [0.29, 0.717) is 0 Å². The summed E-state index contributed by atoms with van der Waals surface area (Å²) in [6, 6.07) is 16.8. The highest BCUT2D eigenvalue weighted by Gasteiger charge is 2.20. The van der Waals surface area contributed by atoms with Crippen LogP contribution in [-0.2, 0) is 11.3 Å². The molecule has 150 valence electrons. The molecule has 5 nitrogen and oxygen atoms in total. The van der Waals surface area contributed by atoms with Crippen LogP contribution in [0.5, 0.6) is 5.75 Å². The second-order valence-corrected chi connectivity index (χ2v) is 7.70. The molecule has 1 fully saturated rings. The Bertz CT molecular complexity index is 1020. The van der Waals surface area contributed by atoms with Crippen LogP contribution in [0.25, 0.3) is 22.2 Å². The number of carbonyl (C=O) groups is 1. The first-order valence-electron chi connectivity index (χ1n) is 10.1. The monoisotopic (exact) mass is 389 g/mol. The van der Waals surface area contributed by atoms with Gasteiger partial charge in [0.2, 0.25) is 5.91 Å². The fraction of sp³-hybridized carbons (Fsp3) is 0.333. The van der Waals surface area contributed by atoms with Gasteiger partial charge >= 0.3 is 0 Å². The summed E-state index contributed by atoms with van der Waals surface area (Å²) in [4.78, 5) is 21.0. The highest BCUT2D eigenvalue weighted by Crippen LogP contribution is 2.29. The zero-order valence-corrected chi connectivity index (χ0v) is 17.3. The summed E-state index contributed by atoms with van der Waals surface area (Å²) in [7, 11) is 1.68. The number of carbonyl (C=O) groups excluding carboxylic acids is 1. The molecule has 0 saturated carbocycles. The smallest absolute Gasteiger partial charge is 0.219 e. The molecule has 0 radical (unpaired) electrons. The Morgan fingerprint density at radius 2 is 1.76 bits per heavy atom. The van der Waals surface area contributed by atoms with Crippen molar-refractivity contribution in [2.45, 2.75) is 20.4 Å². The third-order valence-electron chi connectivity index (χ3n) is 5.63. The summed E-state index contributed by atoms with van der Waals surface area (Å²) in [6.45, 7) is 7.90. The number of ether oxygens (including phenoxy) is 1. The van der Waals surface area contributed by atoms with Gasteiger partial charge in [-0.15, -0.1) is 0 Å². The van der Waals surface area contributed by atoms with Crippen molar-refractivity contribution < 1.29 is 9.53 Å². The Labute approximate surface area is 171 Å². The maximum atomic E-state index is 11.6. The predicted octanol–water partition coefficient (Wildman–Crippen LogP) is 3.88. The van der Waals surface area contributed by atoms with Crippen molar-refractivity contribution in [2.24, 2.45) is 0 Å². The van der Waals surface area contributed by atoms with E-state index in [1.165, 1.54) is 11.1 Å². The number of pyridine rings is 1. The SMILES string of the molecule is COc1ccc(-c2nc3cc(C)ccc3cc2CN2CCN(C(C)=O)CC2)cc1. The maximum absolute atomic E-state index is 11.6. The molecule has 0 atom stereocenters. The summed E-state index contributed by atoms with van der Waals surface area (Å²) in [6.07, 6.45) is 0. The van der Waals surface area contributed by atoms with Crippen LogP contribution in [0.3, 0.4) is 0 Å². The number of aryl methyl sites for hydroxylation is 1. The Balaban J connectivity index is 1.69. The van der Waals surface area contributed by atoms with E-state index in [0.717, 1.165) is 60.6 Å². The lowest BCUT2D eigenvalue weighted by atomic mass is 10.0. The first-order chi connectivity index (χ1) is 14.0. The molecule has 1 amide bonds. The third kappa shape index (κ3) is 4.25. The lowest BCUT2D eigenvalue weighted by Crippen LogP contribution is -2.47. The molecule has 1 aliphatic heterocycles. The summed E-state index contributed by atoms with van der Waals surface area (Å²) < 4.78 is 5.31. The number of nitrogens with zero attached hydrogens (tertiary/aromatic N) is 3. The second-order valence-electron chi connectivity index (χ2n) is 7.70. The van der Waals surface area contributed by atoms with E-state index in [4.69, 9.17) is 9.72 Å². The number of piperazine rings is 1. The molecule has 2 heterocycles. The lowest BCUT2D eigenvalue weighted by Gasteiger charge is -2.34. The van der Waals surface area contributed by atoms with Crippen molar-refractivity contribution in [2.75, 3.05) is 33.3 Å². The molecule has 0 aliphatic carbocycles. The lowest BCUT2D eigenvalue weighted by molar-refractivity contribution is -0.130. The predicted molar refractivity (Wildman–Crippen MR) is 116 cm³/mol. The summed E-state index contributed by atoms with van der Waals surface area (Å²) >= 11 is 0. The van der Waals surface area contributed by atoms with Crippen molar-refractivity contribution in [1.29, 1.82) is 0 Å². The molecule has 5 heteroatoms. The maximum Gasteiger partial charge on any atom is 0.219 e. The quantitative estimate of drug-likeness (QED) is 0.679. The molecule has 3 aromatic rings. The van der Waals surface area contributed by atoms with Crippen molar-refractivity contribution in [3.8, 4) is 17.0 Å². The van der Waals surface area contributed by atoms with Crippen molar-refractivity contribution in [1.82, 2.24) is 14.8 Å². The van der Waals surface area contributed by atoms with E-state index in [2.05, 4.69) is 48.2 Å². The molecule has 2 aromatic carbocycles. The molecule has 4 rings (SSSR count). The molecule has 0 bridgehead atoms. The van der Waals surface area contributed by atoms with Gasteiger partial charge in [-0.3, -0.25) is 9.69 Å². The van der Waals surface area contributed by atoms with Gasteiger partial charge in [0, 0.05) is 50.6 Å². The fourth-order valence-corrected chi connectivity index (χ4v) is 3.90. The van der Waals surface area contributed by atoms with E-state index < -0.39 is 0 Å². The van der Waals surface area contributed by atoms with E-state index in [9.17, 15) is 4.79 Å². The molecule has 0 N–H and O–H groups in total. The van der Waals surface area contributed by atoms with Gasteiger partial charge in [0.25, 0.3) is 0 Å². The standard InChI is InChI=1S/C24H27N3O2/c1-17-4-5-20-15-21(16-26-10-12-27(13-11-26)18(2)28)24(25-23(20)14-17)19-6-8-22(29-3)9-7-19/h4-9,14-15H,10-13,16H2,1-3H3. The van der Waals surface area contributed by atoms with Crippen LogP contribution in [-0.4, -0.2) is 54.0 Å². The number of benzene rings is 2. The number of hydrogen-bond donors (Lipinski definition) is 0. The van der Waals surface area contributed by atoms with Gasteiger partial charge in [-0.1, -0.05) is 12.1 Å². The van der Waals surface area contributed by atoms with Crippen LogP contribution >= 0.6 is 0 Å². The fourth-order valence-electron chi connectivity index (χ4n) is 3.90. The minimum absolute atomic E-state index is 0.159. The molecule has 0 unspecified atom stereocenters. The van der Waals surface area contributed by atoms with Crippen LogP contribution in [0.1, 0.15) is 18.1 Å². The molecule has 1 aliphatic rings. The molecular weight excluding hydrogens is 362 g/mol. The summed E-state index contributed by atoms with van der Waals surface area (Å²) in [5, 5.41) is 1.16. The van der Waals surface area contributed by atoms with Gasteiger partial charge in [0.05, 0.1) is 18.3 Å². The average Bonchev–Trinajstić information content (AvgIpc) is 2.74. The minimum Gasteiger partial charge on any atom is -0.497 e. The number of amides is 1. The topological polar surface area (TPSA) is 45.7 Å². The number of methoxy groups -OCH3 is 1. The van der Waals surface area contributed by atoms with Crippen LogP contribution in [0.4, 0.5) is 0 Å². The zero-order chi connectivity index (χ0) is 20.4. The highest BCUT2D eigenvalue weighted by molar-refractivity contribution is 5.84. The largest absolute Gasteiger partial charge is 0.497 e. The summed E-state index contributed by atoms with van der Waals surface area (Å²) in [5.41, 5.74) is 5.54.